The number of hydrogen-bond acceptors (Lipinski definition) is 8. The number of alkyl halides is 1. The summed E-state index contributed by atoms with van der Waals surface area (Å²) in [6.07, 6.45) is 1.84. The molecule has 0 aliphatic carbocycles. The zero-order valence-electron chi connectivity index (χ0n) is 15.4. The quantitative estimate of drug-likeness (QED) is 0.213. The number of para-hydroxylation sites is 1. The molecular formula is C18H16Cl2N4O3S2. The maximum absolute atomic E-state index is 12.5. The first kappa shape index (κ1) is 21.6. The van der Waals surface area contributed by atoms with Crippen molar-refractivity contribution >= 4 is 85.6 Å². The first-order chi connectivity index (χ1) is 14.0. The highest BCUT2D eigenvalue weighted by Gasteiger charge is 2.25. The summed E-state index contributed by atoms with van der Waals surface area (Å²) in [5.41, 5.74) is 0.885. The van der Waals surface area contributed by atoms with Crippen LogP contribution in [0.4, 0.5) is 17.2 Å². The van der Waals surface area contributed by atoms with E-state index in [-0.39, 0.29) is 23.1 Å². The van der Waals surface area contributed by atoms with Gasteiger partial charge in [-0.1, -0.05) is 35.5 Å². The second-order valence-corrected chi connectivity index (χ2v) is 8.00. The highest BCUT2D eigenvalue weighted by molar-refractivity contribution is 7.98. The zero-order chi connectivity index (χ0) is 21.0. The fraction of sp³-hybridized carbons (Fsp3) is 0.222. The number of halogens is 2. The molecule has 7 nitrogen and oxygen atoms in total. The van der Waals surface area contributed by atoms with Gasteiger partial charge in [-0.2, -0.15) is 0 Å². The fourth-order valence-electron chi connectivity index (χ4n) is 2.49. The molecule has 1 aromatic carbocycles. The zero-order valence-corrected chi connectivity index (χ0v) is 18.6. The van der Waals surface area contributed by atoms with E-state index < -0.39 is 11.9 Å². The van der Waals surface area contributed by atoms with Crippen molar-refractivity contribution in [3.8, 4) is 0 Å². The minimum absolute atomic E-state index is 0.197. The number of nitrogens with one attached hydrogen (secondary N) is 2. The fourth-order valence-corrected chi connectivity index (χ4v) is 4.18. The van der Waals surface area contributed by atoms with Crippen molar-refractivity contribution in [2.24, 2.45) is 0 Å². The van der Waals surface area contributed by atoms with Gasteiger partial charge in [0.2, 0.25) is 5.91 Å². The topological polar surface area (TPSA) is 93.2 Å². The number of esters is 1. The molecule has 0 aliphatic heterocycles. The van der Waals surface area contributed by atoms with Gasteiger partial charge in [-0.05, 0) is 25.3 Å². The monoisotopic (exact) mass is 470 g/mol. The predicted octanol–water partition coefficient (Wildman–Crippen LogP) is 5.16. The van der Waals surface area contributed by atoms with Crippen LogP contribution in [0.25, 0.3) is 10.2 Å². The lowest BCUT2D eigenvalue weighted by molar-refractivity contribution is -0.113. The lowest BCUT2D eigenvalue weighted by Crippen LogP contribution is -2.15. The number of thioether (sulfide) groups is 1. The number of rotatable bonds is 7. The first-order valence-electron chi connectivity index (χ1n) is 8.41. The molecule has 0 saturated heterocycles. The third-order valence-electron chi connectivity index (χ3n) is 3.69. The van der Waals surface area contributed by atoms with Crippen molar-refractivity contribution in [3.05, 3.63) is 34.2 Å². The van der Waals surface area contributed by atoms with E-state index in [1.165, 1.54) is 11.8 Å². The van der Waals surface area contributed by atoms with E-state index in [9.17, 15) is 9.59 Å². The SMILES string of the molecule is CCOC(=O)c1sc2nc(SC)nc(Nc3ccccc3Cl)c2c1NC(=O)CCl. The number of benzene rings is 1. The van der Waals surface area contributed by atoms with Gasteiger partial charge >= 0.3 is 5.97 Å². The highest BCUT2D eigenvalue weighted by Crippen LogP contribution is 2.41. The maximum Gasteiger partial charge on any atom is 0.350 e. The highest BCUT2D eigenvalue weighted by atomic mass is 35.5. The summed E-state index contributed by atoms with van der Waals surface area (Å²) in [5.74, 6) is -0.884. The first-order valence-corrected chi connectivity index (χ1v) is 11.4. The lowest BCUT2D eigenvalue weighted by Gasteiger charge is -2.12. The van der Waals surface area contributed by atoms with Gasteiger partial charge in [0.15, 0.2) is 5.16 Å². The summed E-state index contributed by atoms with van der Waals surface area (Å²) in [6, 6.07) is 7.18. The van der Waals surface area contributed by atoms with Crippen molar-refractivity contribution in [1.29, 1.82) is 0 Å². The molecule has 0 radical (unpaired) electrons. The number of fused-ring (bicyclic) bond motifs is 1. The molecule has 3 rings (SSSR count). The van der Waals surface area contributed by atoms with Gasteiger partial charge in [-0.15, -0.1) is 22.9 Å². The number of anilines is 3. The van der Waals surface area contributed by atoms with E-state index in [4.69, 9.17) is 27.9 Å². The lowest BCUT2D eigenvalue weighted by atomic mass is 10.2. The third-order valence-corrected chi connectivity index (χ3v) is 5.87. The number of thiophene rings is 1. The molecule has 29 heavy (non-hydrogen) atoms. The standard InChI is InChI=1S/C18H16Cl2N4O3S2/c1-3-27-17(26)14-13(22-11(25)8-19)12-15(21-10-7-5-4-6-9(10)20)23-18(28-2)24-16(12)29-14/h4-7H,3,8H2,1-2H3,(H,22,25)(H,21,23,24). The number of carbonyl (C=O) groups is 2. The van der Waals surface area contributed by atoms with Crippen LogP contribution in [0.3, 0.4) is 0 Å². The van der Waals surface area contributed by atoms with E-state index in [0.717, 1.165) is 11.3 Å². The number of aromatic nitrogens is 2. The van der Waals surface area contributed by atoms with Crippen LogP contribution in [-0.4, -0.2) is 40.6 Å². The number of hydrogen-bond donors (Lipinski definition) is 2. The Morgan fingerprint density at radius 3 is 2.69 bits per heavy atom. The summed E-state index contributed by atoms with van der Waals surface area (Å²) in [6.45, 7) is 1.90. The average Bonchev–Trinajstić information content (AvgIpc) is 3.08. The molecule has 152 valence electrons. The summed E-state index contributed by atoms with van der Waals surface area (Å²) in [7, 11) is 0. The van der Waals surface area contributed by atoms with E-state index in [1.54, 1.807) is 19.1 Å². The molecule has 0 fully saturated rings. The minimum Gasteiger partial charge on any atom is -0.462 e. The predicted molar refractivity (Wildman–Crippen MR) is 119 cm³/mol. The van der Waals surface area contributed by atoms with E-state index in [2.05, 4.69) is 20.6 Å². The molecule has 0 unspecified atom stereocenters. The van der Waals surface area contributed by atoms with Gasteiger partial charge in [0.05, 0.1) is 28.4 Å². The summed E-state index contributed by atoms with van der Waals surface area (Å²) < 4.78 is 5.14. The smallest absolute Gasteiger partial charge is 0.350 e. The Labute approximate surface area is 185 Å². The average molecular weight is 471 g/mol. The Hall–Kier alpha value is -2.07. The van der Waals surface area contributed by atoms with Crippen LogP contribution in [0.1, 0.15) is 16.6 Å². The molecule has 0 aliphatic rings. The van der Waals surface area contributed by atoms with Gasteiger partial charge in [0.1, 0.15) is 21.4 Å². The van der Waals surface area contributed by atoms with Crippen molar-refractivity contribution in [2.45, 2.75) is 12.1 Å². The molecule has 0 bridgehead atoms. The van der Waals surface area contributed by atoms with E-state index in [0.29, 0.717) is 31.9 Å². The van der Waals surface area contributed by atoms with Gasteiger partial charge in [-0.25, -0.2) is 14.8 Å². The van der Waals surface area contributed by atoms with Crippen LogP contribution < -0.4 is 10.6 Å². The van der Waals surface area contributed by atoms with Gasteiger partial charge in [0.25, 0.3) is 0 Å². The Morgan fingerprint density at radius 1 is 1.28 bits per heavy atom. The van der Waals surface area contributed by atoms with Gasteiger partial charge < -0.3 is 15.4 Å². The Kier molecular flexibility index (Phi) is 7.18. The van der Waals surface area contributed by atoms with Crippen LogP contribution in [0, 0.1) is 0 Å². The second kappa shape index (κ2) is 9.62. The summed E-state index contributed by atoms with van der Waals surface area (Å²) >= 11 is 14.4. The second-order valence-electron chi connectivity index (χ2n) is 5.55. The molecule has 0 spiro atoms. The molecule has 0 saturated carbocycles. The Balaban J connectivity index is 2.24. The van der Waals surface area contributed by atoms with Gasteiger partial charge in [-0.3, -0.25) is 4.79 Å². The Morgan fingerprint density at radius 2 is 2.03 bits per heavy atom. The van der Waals surface area contributed by atoms with Crippen molar-refractivity contribution in [1.82, 2.24) is 9.97 Å². The summed E-state index contributed by atoms with van der Waals surface area (Å²) in [5, 5.41) is 7.34. The molecule has 11 heteroatoms. The van der Waals surface area contributed by atoms with Crippen LogP contribution >= 0.6 is 46.3 Å². The van der Waals surface area contributed by atoms with Crippen LogP contribution in [0.15, 0.2) is 29.4 Å². The van der Waals surface area contributed by atoms with E-state index in [1.807, 2.05) is 18.4 Å². The molecule has 3 aromatic rings. The number of nitrogens with zero attached hydrogens (tertiary/aromatic N) is 2. The molecular weight excluding hydrogens is 455 g/mol. The van der Waals surface area contributed by atoms with Crippen molar-refractivity contribution < 1.29 is 14.3 Å². The largest absolute Gasteiger partial charge is 0.462 e. The minimum atomic E-state index is -0.560. The molecule has 2 heterocycles. The number of ether oxygens (including phenoxy) is 1. The number of carbonyl (C=O) groups excluding carboxylic acids is 2. The molecule has 1 amide bonds. The van der Waals surface area contributed by atoms with Crippen molar-refractivity contribution in [3.63, 3.8) is 0 Å². The normalized spacial score (nSPS) is 10.8. The molecule has 0 atom stereocenters. The third kappa shape index (κ3) is 4.75. The molecule has 2 aromatic heterocycles. The van der Waals surface area contributed by atoms with Gasteiger partial charge in [0, 0.05) is 0 Å². The van der Waals surface area contributed by atoms with E-state index >= 15 is 0 Å². The Bertz CT molecular complexity index is 1070. The maximum atomic E-state index is 12.5. The summed E-state index contributed by atoms with van der Waals surface area (Å²) in [4.78, 5) is 34.3. The molecule has 2 N–H and O–H groups in total. The van der Waals surface area contributed by atoms with Crippen LogP contribution in [-0.2, 0) is 9.53 Å². The number of amides is 1. The van der Waals surface area contributed by atoms with Crippen LogP contribution in [0.2, 0.25) is 5.02 Å². The van der Waals surface area contributed by atoms with Crippen LogP contribution in [0.5, 0.6) is 0 Å². The van der Waals surface area contributed by atoms with Crippen molar-refractivity contribution in [2.75, 3.05) is 29.4 Å².